The number of nitriles is 2. The van der Waals surface area contributed by atoms with Crippen LogP contribution in [0.3, 0.4) is 0 Å². The molecule has 7 nitrogen and oxygen atoms in total. The number of thioether (sulfide) groups is 1. The van der Waals surface area contributed by atoms with Gasteiger partial charge in [0.25, 0.3) is 0 Å². The van der Waals surface area contributed by atoms with Gasteiger partial charge in [-0.2, -0.15) is 10.5 Å². The highest BCUT2D eigenvalue weighted by atomic mass is 32.2. The second-order valence-corrected chi connectivity index (χ2v) is 6.39. The molecule has 1 unspecified atom stereocenters. The van der Waals surface area contributed by atoms with Gasteiger partial charge in [0, 0.05) is 11.3 Å². The third-order valence-electron chi connectivity index (χ3n) is 3.55. The first-order valence-electron chi connectivity index (χ1n) is 7.63. The quantitative estimate of drug-likeness (QED) is 0.743. The largest absolute Gasteiger partial charge is 0.493 e. The van der Waals surface area contributed by atoms with Crippen molar-refractivity contribution in [1.82, 2.24) is 4.98 Å². The topological polar surface area (TPSA) is 125 Å². The number of ether oxygens (including phenoxy) is 2. The highest BCUT2D eigenvalue weighted by Crippen LogP contribution is 2.39. The maximum absolute atomic E-state index is 9.69. The third kappa shape index (κ3) is 3.83. The minimum Gasteiger partial charge on any atom is -0.493 e. The smallest absolute Gasteiger partial charge is 0.161 e. The first kappa shape index (κ1) is 19.4. The molecule has 0 bridgehead atoms. The molecular formula is C18H18N4O3S. The third-order valence-corrected chi connectivity index (χ3v) is 4.77. The second kappa shape index (κ2) is 8.43. The number of nitrogens with zero attached hydrogens (tertiary/aromatic N) is 3. The van der Waals surface area contributed by atoms with Gasteiger partial charge < -0.3 is 20.3 Å². The zero-order valence-corrected chi connectivity index (χ0v) is 15.4. The predicted molar refractivity (Wildman–Crippen MR) is 99.0 cm³/mol. The average molecular weight is 370 g/mol. The number of anilines is 1. The summed E-state index contributed by atoms with van der Waals surface area (Å²) in [6.45, 7) is 1.64. The van der Waals surface area contributed by atoms with E-state index in [1.54, 1.807) is 25.1 Å². The molecule has 2 aromatic rings. The van der Waals surface area contributed by atoms with Crippen LogP contribution in [0.1, 0.15) is 18.1 Å². The second-order valence-electron chi connectivity index (χ2n) is 5.38. The number of methoxy groups -OCH3 is 2. The summed E-state index contributed by atoms with van der Waals surface area (Å²) in [6, 6.07) is 9.23. The van der Waals surface area contributed by atoms with E-state index in [0.717, 1.165) is 0 Å². The van der Waals surface area contributed by atoms with Gasteiger partial charge in [-0.3, -0.25) is 0 Å². The maximum atomic E-state index is 9.69. The van der Waals surface area contributed by atoms with E-state index in [2.05, 4.69) is 11.1 Å². The minimum atomic E-state index is -0.574. The molecule has 26 heavy (non-hydrogen) atoms. The van der Waals surface area contributed by atoms with Crippen LogP contribution in [0.25, 0.3) is 11.1 Å². The van der Waals surface area contributed by atoms with Crippen molar-refractivity contribution in [3.63, 3.8) is 0 Å². The molecule has 1 heterocycles. The highest BCUT2D eigenvalue weighted by Gasteiger charge is 2.21. The summed E-state index contributed by atoms with van der Waals surface area (Å²) in [5, 5.41) is 29.1. The number of benzene rings is 1. The van der Waals surface area contributed by atoms with Gasteiger partial charge in [0.05, 0.1) is 25.9 Å². The lowest BCUT2D eigenvalue weighted by Gasteiger charge is -2.15. The van der Waals surface area contributed by atoms with Crippen LogP contribution in [0, 0.1) is 22.7 Å². The van der Waals surface area contributed by atoms with Crippen LogP contribution in [0.2, 0.25) is 0 Å². The molecule has 1 aromatic heterocycles. The number of nitrogens with two attached hydrogens (primary N) is 1. The minimum absolute atomic E-state index is 0.0318. The lowest BCUT2D eigenvalue weighted by Crippen LogP contribution is -2.07. The van der Waals surface area contributed by atoms with E-state index in [9.17, 15) is 15.6 Å². The van der Waals surface area contributed by atoms with Crippen molar-refractivity contribution in [2.45, 2.75) is 18.1 Å². The van der Waals surface area contributed by atoms with Gasteiger partial charge in [-0.1, -0.05) is 6.07 Å². The lowest BCUT2D eigenvalue weighted by atomic mass is 9.96. The van der Waals surface area contributed by atoms with Gasteiger partial charge in [0.1, 0.15) is 28.5 Å². The highest BCUT2D eigenvalue weighted by molar-refractivity contribution is 7.99. The Morgan fingerprint density at radius 3 is 2.38 bits per heavy atom. The van der Waals surface area contributed by atoms with Gasteiger partial charge in [-0.15, -0.1) is 11.8 Å². The molecule has 0 saturated heterocycles. The molecule has 2 rings (SSSR count). The van der Waals surface area contributed by atoms with Crippen molar-refractivity contribution in [2.75, 3.05) is 25.7 Å². The number of pyridine rings is 1. The molecule has 0 spiro atoms. The Morgan fingerprint density at radius 2 is 1.85 bits per heavy atom. The molecule has 0 saturated carbocycles. The summed E-state index contributed by atoms with van der Waals surface area (Å²) in [5.74, 6) is 1.37. The molecule has 0 aliphatic carbocycles. The van der Waals surface area contributed by atoms with E-state index in [1.807, 2.05) is 6.07 Å². The monoisotopic (exact) mass is 370 g/mol. The van der Waals surface area contributed by atoms with E-state index in [4.69, 9.17) is 15.2 Å². The van der Waals surface area contributed by atoms with E-state index in [-0.39, 0.29) is 16.9 Å². The Hall–Kier alpha value is -2.94. The fraction of sp³-hybridized carbons (Fsp3) is 0.278. The van der Waals surface area contributed by atoms with E-state index < -0.39 is 6.10 Å². The first-order valence-corrected chi connectivity index (χ1v) is 8.62. The van der Waals surface area contributed by atoms with Gasteiger partial charge in [0.15, 0.2) is 11.5 Å². The molecule has 0 fully saturated rings. The van der Waals surface area contributed by atoms with Crippen LogP contribution in [-0.4, -0.2) is 36.2 Å². The van der Waals surface area contributed by atoms with E-state index in [1.165, 1.54) is 26.0 Å². The zero-order valence-electron chi connectivity index (χ0n) is 14.6. The van der Waals surface area contributed by atoms with Gasteiger partial charge in [0.2, 0.25) is 0 Å². The summed E-state index contributed by atoms with van der Waals surface area (Å²) in [6.07, 6.45) is -0.574. The number of nitrogen functional groups attached to an aromatic ring is 1. The van der Waals surface area contributed by atoms with Crippen molar-refractivity contribution in [1.29, 1.82) is 10.5 Å². The summed E-state index contributed by atoms with van der Waals surface area (Å²) < 4.78 is 10.5. The van der Waals surface area contributed by atoms with Gasteiger partial charge >= 0.3 is 0 Å². The molecule has 0 aliphatic heterocycles. The van der Waals surface area contributed by atoms with Crippen LogP contribution < -0.4 is 15.2 Å². The molecule has 134 valence electrons. The normalized spacial score (nSPS) is 11.3. The number of hydrogen-bond donors (Lipinski definition) is 2. The van der Waals surface area contributed by atoms with Crippen LogP contribution >= 0.6 is 11.8 Å². The number of hydrogen-bond acceptors (Lipinski definition) is 8. The molecule has 8 heteroatoms. The molecule has 0 aliphatic rings. The fourth-order valence-corrected chi connectivity index (χ4v) is 3.24. The van der Waals surface area contributed by atoms with Crippen LogP contribution in [-0.2, 0) is 0 Å². The SMILES string of the molecule is COc1ccc(-c2c(C#N)c(N)nc(SCC(C)O)c2C#N)cc1OC. The number of aliphatic hydroxyl groups excluding tert-OH is 1. The Labute approximate surface area is 156 Å². The Kier molecular flexibility index (Phi) is 6.29. The molecule has 3 N–H and O–H groups in total. The number of rotatable bonds is 6. The summed E-state index contributed by atoms with van der Waals surface area (Å²) in [7, 11) is 3.02. The molecule has 1 atom stereocenters. The number of aliphatic hydroxyl groups is 1. The zero-order chi connectivity index (χ0) is 19.3. The number of aromatic nitrogens is 1. The summed E-state index contributed by atoms with van der Waals surface area (Å²) in [5.41, 5.74) is 7.28. The van der Waals surface area contributed by atoms with E-state index >= 15 is 0 Å². The molecule has 0 radical (unpaired) electrons. The Morgan fingerprint density at radius 1 is 1.19 bits per heavy atom. The molecule has 1 aromatic carbocycles. The first-order chi connectivity index (χ1) is 12.5. The van der Waals surface area contributed by atoms with Crippen LogP contribution in [0.4, 0.5) is 5.82 Å². The van der Waals surface area contributed by atoms with Gasteiger partial charge in [-0.05, 0) is 24.6 Å². The van der Waals surface area contributed by atoms with Crippen LogP contribution in [0.5, 0.6) is 11.5 Å². The van der Waals surface area contributed by atoms with Crippen LogP contribution in [0.15, 0.2) is 23.2 Å². The summed E-state index contributed by atoms with van der Waals surface area (Å²) >= 11 is 1.21. The Balaban J connectivity index is 2.74. The predicted octanol–water partition coefficient (Wildman–Crippen LogP) is 2.56. The van der Waals surface area contributed by atoms with Gasteiger partial charge in [-0.25, -0.2) is 4.98 Å². The van der Waals surface area contributed by atoms with Crippen molar-refractivity contribution in [3.05, 3.63) is 29.3 Å². The fourth-order valence-electron chi connectivity index (χ4n) is 2.38. The maximum Gasteiger partial charge on any atom is 0.161 e. The lowest BCUT2D eigenvalue weighted by molar-refractivity contribution is 0.220. The Bertz CT molecular complexity index is 901. The van der Waals surface area contributed by atoms with Crippen molar-refractivity contribution in [3.8, 4) is 34.8 Å². The van der Waals surface area contributed by atoms with Crippen molar-refractivity contribution < 1.29 is 14.6 Å². The van der Waals surface area contributed by atoms with Crippen molar-refractivity contribution >= 4 is 17.6 Å². The van der Waals surface area contributed by atoms with E-state index in [0.29, 0.717) is 33.4 Å². The standard InChI is InChI=1S/C18H18N4O3S/c1-10(23)9-26-18-13(8-20)16(12(7-19)17(21)22-18)11-4-5-14(24-2)15(6-11)25-3/h4-6,10,23H,9H2,1-3H3,(H2,21,22). The average Bonchev–Trinajstić information content (AvgIpc) is 2.64. The summed E-state index contributed by atoms with van der Waals surface area (Å²) in [4.78, 5) is 4.18. The molecule has 0 amide bonds. The van der Waals surface area contributed by atoms with Crippen molar-refractivity contribution in [2.24, 2.45) is 0 Å². The molecular weight excluding hydrogens is 352 g/mol.